The molecule has 0 saturated carbocycles. The summed E-state index contributed by atoms with van der Waals surface area (Å²) in [4.78, 5) is 15.7. The lowest BCUT2D eigenvalue weighted by Gasteiger charge is -2.00. The van der Waals surface area contributed by atoms with Crippen LogP contribution in [0.25, 0.3) is 0 Å². The Hall–Kier alpha value is -1.56. The predicted molar refractivity (Wildman–Crippen MR) is 87.2 cm³/mol. The van der Waals surface area contributed by atoms with Crippen molar-refractivity contribution in [3.63, 3.8) is 0 Å². The molecule has 0 aliphatic rings. The first kappa shape index (κ1) is 15.8. The number of thioether (sulfide) groups is 1. The maximum Gasteiger partial charge on any atom is 0.250 e. The Morgan fingerprint density at radius 3 is 2.86 bits per heavy atom. The number of nitrogens with one attached hydrogen (secondary N) is 1. The van der Waals surface area contributed by atoms with E-state index in [1.54, 1.807) is 24.4 Å². The molecular weight excluding hydrogens is 329 g/mol. The van der Waals surface area contributed by atoms with Gasteiger partial charge in [0.15, 0.2) is 0 Å². The van der Waals surface area contributed by atoms with Crippen LogP contribution in [-0.2, 0) is 4.79 Å². The molecule has 2 rings (SSSR count). The van der Waals surface area contributed by atoms with Crippen molar-refractivity contribution in [1.82, 2.24) is 10.4 Å². The smallest absolute Gasteiger partial charge is 0.250 e. The number of hydrogen-bond acceptors (Lipinski definition) is 4. The summed E-state index contributed by atoms with van der Waals surface area (Å²) in [7, 11) is 0. The third-order valence-corrected chi connectivity index (χ3v) is 4.02. The van der Waals surface area contributed by atoms with E-state index < -0.39 is 0 Å². The highest BCUT2D eigenvalue weighted by Crippen LogP contribution is 2.21. The minimum absolute atomic E-state index is 0.207. The molecule has 2 aromatic rings. The molecule has 7 heteroatoms. The van der Waals surface area contributed by atoms with E-state index in [1.165, 1.54) is 18.0 Å². The number of carbonyl (C=O) groups is 1. The summed E-state index contributed by atoms with van der Waals surface area (Å²) >= 11 is 13.0. The van der Waals surface area contributed by atoms with Crippen molar-refractivity contribution in [2.75, 3.05) is 5.75 Å². The molecule has 0 aliphatic carbocycles. The molecule has 108 valence electrons. The zero-order valence-electron chi connectivity index (χ0n) is 10.8. The highest BCUT2D eigenvalue weighted by molar-refractivity contribution is 7.99. The minimum atomic E-state index is -0.207. The number of carbonyl (C=O) groups excluding carboxylic acids is 1. The first-order valence-corrected chi connectivity index (χ1v) is 7.70. The Kier molecular flexibility index (Phi) is 6.04. The quantitative estimate of drug-likeness (QED) is 0.514. The molecule has 0 aliphatic heterocycles. The SMILES string of the molecule is O=C(CSc1ccccn1)NN=Cc1ccc(Cl)c(Cl)c1. The van der Waals surface area contributed by atoms with Crippen LogP contribution in [0.1, 0.15) is 5.56 Å². The standard InChI is InChI=1S/C14H11Cl2N3OS/c15-11-5-4-10(7-12(11)16)8-18-19-13(20)9-21-14-3-1-2-6-17-14/h1-8H,9H2,(H,19,20). The highest BCUT2D eigenvalue weighted by atomic mass is 35.5. The monoisotopic (exact) mass is 339 g/mol. The first-order valence-electron chi connectivity index (χ1n) is 5.96. The Morgan fingerprint density at radius 2 is 2.14 bits per heavy atom. The summed E-state index contributed by atoms with van der Waals surface area (Å²) in [5.74, 6) is 0.0392. The molecule has 0 unspecified atom stereocenters. The maximum atomic E-state index is 11.6. The predicted octanol–water partition coefficient (Wildman–Crippen LogP) is 3.63. The zero-order chi connectivity index (χ0) is 15.1. The van der Waals surface area contributed by atoms with Crippen LogP contribution < -0.4 is 5.43 Å². The number of aromatic nitrogens is 1. The van der Waals surface area contributed by atoms with Gasteiger partial charge in [-0.15, -0.1) is 0 Å². The van der Waals surface area contributed by atoms with Gasteiger partial charge in [-0.05, 0) is 29.8 Å². The normalized spacial score (nSPS) is 10.8. The topological polar surface area (TPSA) is 54.4 Å². The van der Waals surface area contributed by atoms with E-state index in [9.17, 15) is 4.79 Å². The summed E-state index contributed by atoms with van der Waals surface area (Å²) in [6.07, 6.45) is 3.19. The van der Waals surface area contributed by atoms with Gasteiger partial charge in [-0.1, -0.05) is 47.1 Å². The average molecular weight is 340 g/mol. The summed E-state index contributed by atoms with van der Waals surface area (Å²) in [5, 5.41) is 5.58. The van der Waals surface area contributed by atoms with Gasteiger partial charge in [0.05, 0.1) is 27.0 Å². The average Bonchev–Trinajstić information content (AvgIpc) is 2.50. The Labute approximate surface area is 136 Å². The van der Waals surface area contributed by atoms with E-state index in [0.29, 0.717) is 10.0 Å². The van der Waals surface area contributed by atoms with Crippen LogP contribution in [0.4, 0.5) is 0 Å². The molecule has 1 N–H and O–H groups in total. The van der Waals surface area contributed by atoms with Crippen molar-refractivity contribution in [3.05, 3.63) is 58.2 Å². The van der Waals surface area contributed by atoms with Crippen LogP contribution >= 0.6 is 35.0 Å². The highest BCUT2D eigenvalue weighted by Gasteiger charge is 2.02. The van der Waals surface area contributed by atoms with E-state index >= 15 is 0 Å². The van der Waals surface area contributed by atoms with Gasteiger partial charge >= 0.3 is 0 Å². The van der Waals surface area contributed by atoms with Gasteiger partial charge in [0, 0.05) is 6.20 Å². The number of rotatable bonds is 5. The first-order chi connectivity index (χ1) is 10.1. The molecule has 21 heavy (non-hydrogen) atoms. The third kappa shape index (κ3) is 5.38. The van der Waals surface area contributed by atoms with Crippen LogP contribution in [0.5, 0.6) is 0 Å². The van der Waals surface area contributed by atoms with Gasteiger partial charge < -0.3 is 0 Å². The van der Waals surface area contributed by atoms with Gasteiger partial charge in [0.2, 0.25) is 5.91 Å². The van der Waals surface area contributed by atoms with Crippen LogP contribution in [-0.4, -0.2) is 22.9 Å². The molecule has 1 aromatic carbocycles. The molecule has 0 bridgehead atoms. The molecule has 0 atom stereocenters. The van der Waals surface area contributed by atoms with Crippen molar-refractivity contribution >= 4 is 47.1 Å². The summed E-state index contributed by atoms with van der Waals surface area (Å²) in [5.41, 5.74) is 3.19. The minimum Gasteiger partial charge on any atom is -0.272 e. The van der Waals surface area contributed by atoms with Crippen molar-refractivity contribution < 1.29 is 4.79 Å². The molecule has 0 fully saturated rings. The Morgan fingerprint density at radius 1 is 1.29 bits per heavy atom. The lowest BCUT2D eigenvalue weighted by Crippen LogP contribution is -2.19. The second-order valence-electron chi connectivity index (χ2n) is 3.92. The van der Waals surface area contributed by atoms with Gasteiger partial charge in [-0.25, -0.2) is 10.4 Å². The van der Waals surface area contributed by atoms with Crippen LogP contribution in [0, 0.1) is 0 Å². The van der Waals surface area contributed by atoms with E-state index in [0.717, 1.165) is 10.6 Å². The molecular formula is C14H11Cl2N3OS. The van der Waals surface area contributed by atoms with Crippen molar-refractivity contribution in [3.8, 4) is 0 Å². The van der Waals surface area contributed by atoms with E-state index in [1.807, 2.05) is 18.2 Å². The van der Waals surface area contributed by atoms with Crippen LogP contribution in [0.3, 0.4) is 0 Å². The Bertz CT molecular complexity index is 650. The fraction of sp³-hybridized carbons (Fsp3) is 0.0714. The summed E-state index contributed by atoms with van der Waals surface area (Å²) in [6, 6.07) is 10.6. The van der Waals surface area contributed by atoms with Crippen molar-refractivity contribution in [2.45, 2.75) is 5.03 Å². The van der Waals surface area contributed by atoms with Gasteiger partial charge in [-0.2, -0.15) is 5.10 Å². The van der Waals surface area contributed by atoms with E-state index in [-0.39, 0.29) is 11.7 Å². The molecule has 1 amide bonds. The molecule has 1 aromatic heterocycles. The van der Waals surface area contributed by atoms with E-state index in [4.69, 9.17) is 23.2 Å². The fourth-order valence-electron chi connectivity index (χ4n) is 1.38. The number of hydrazone groups is 1. The molecule has 0 saturated heterocycles. The van der Waals surface area contributed by atoms with Crippen LogP contribution in [0.2, 0.25) is 10.0 Å². The number of amides is 1. The number of nitrogens with zero attached hydrogens (tertiary/aromatic N) is 2. The molecule has 1 heterocycles. The zero-order valence-corrected chi connectivity index (χ0v) is 13.1. The lowest BCUT2D eigenvalue weighted by molar-refractivity contribution is -0.118. The fourth-order valence-corrected chi connectivity index (χ4v) is 2.34. The lowest BCUT2D eigenvalue weighted by atomic mass is 10.2. The van der Waals surface area contributed by atoms with E-state index in [2.05, 4.69) is 15.5 Å². The van der Waals surface area contributed by atoms with Gasteiger partial charge in [0.1, 0.15) is 0 Å². The van der Waals surface area contributed by atoms with Crippen molar-refractivity contribution in [1.29, 1.82) is 0 Å². The Balaban J connectivity index is 1.80. The molecule has 4 nitrogen and oxygen atoms in total. The summed E-state index contributed by atoms with van der Waals surface area (Å²) < 4.78 is 0. The second-order valence-corrected chi connectivity index (χ2v) is 5.73. The molecule has 0 radical (unpaired) electrons. The maximum absolute atomic E-state index is 11.6. The number of benzene rings is 1. The largest absolute Gasteiger partial charge is 0.272 e. The van der Waals surface area contributed by atoms with Gasteiger partial charge in [0.25, 0.3) is 0 Å². The number of halogens is 2. The second kappa shape index (κ2) is 8.02. The summed E-state index contributed by atoms with van der Waals surface area (Å²) in [6.45, 7) is 0. The number of hydrogen-bond donors (Lipinski definition) is 1. The van der Waals surface area contributed by atoms with Gasteiger partial charge in [-0.3, -0.25) is 4.79 Å². The van der Waals surface area contributed by atoms with Crippen molar-refractivity contribution in [2.24, 2.45) is 5.10 Å². The van der Waals surface area contributed by atoms with Crippen LogP contribution in [0.15, 0.2) is 52.7 Å². The molecule has 0 spiro atoms. The number of pyridine rings is 1. The third-order valence-electron chi connectivity index (χ3n) is 2.34.